The fourth-order valence-electron chi connectivity index (χ4n) is 2.81. The minimum atomic E-state index is -0.787. The number of amides is 2. The Kier molecular flexibility index (Phi) is 4.95. The van der Waals surface area contributed by atoms with Gasteiger partial charge in [0.1, 0.15) is 17.6 Å². The maximum atomic E-state index is 12.4. The van der Waals surface area contributed by atoms with Crippen molar-refractivity contribution < 1.29 is 19.2 Å². The van der Waals surface area contributed by atoms with E-state index in [0.29, 0.717) is 20.6 Å². The van der Waals surface area contributed by atoms with Crippen molar-refractivity contribution in [1.29, 1.82) is 5.26 Å². The van der Waals surface area contributed by atoms with Crippen molar-refractivity contribution in [2.75, 3.05) is 16.8 Å². The fraction of sp³-hybridized carbons (Fsp3) is 0.167. The largest absolute Gasteiger partial charge is 0.315 e. The van der Waals surface area contributed by atoms with Gasteiger partial charge in [0.25, 0.3) is 11.7 Å². The number of nitrogens with zero attached hydrogens (tertiary/aromatic N) is 2. The smallest absolute Gasteiger partial charge is 0.299 e. The van der Waals surface area contributed by atoms with Crippen LogP contribution in [0.5, 0.6) is 0 Å². The van der Waals surface area contributed by atoms with Crippen LogP contribution in [0.3, 0.4) is 0 Å². The number of Topliss-reactive ketones (excluding diaryl/α,β-unsaturated/α-hetero) is 2. The van der Waals surface area contributed by atoms with Crippen molar-refractivity contribution in [2.45, 2.75) is 13.8 Å². The number of fused-ring (bicyclic) bond motifs is 1. The molecular formula is C18H12BrN3O4S. The molecule has 0 unspecified atom stereocenters. The summed E-state index contributed by atoms with van der Waals surface area (Å²) in [6.45, 7) is 2.64. The van der Waals surface area contributed by atoms with Gasteiger partial charge in [-0.3, -0.25) is 24.1 Å². The standard InChI is InChI=1S/C18H12BrN3O4S/c1-8-12(6-20)17(27-16(8)9(2)23)21-14(24)7-22-13-4-3-10(19)5-11(13)15(25)18(22)26/h3-5H,7H2,1-2H3,(H,21,24). The van der Waals surface area contributed by atoms with Gasteiger partial charge in [-0.25, -0.2) is 0 Å². The van der Waals surface area contributed by atoms with Crippen LogP contribution in [0.25, 0.3) is 0 Å². The average Bonchev–Trinajstić information content (AvgIpc) is 3.04. The van der Waals surface area contributed by atoms with E-state index in [1.165, 1.54) is 13.0 Å². The summed E-state index contributed by atoms with van der Waals surface area (Å²) in [5.41, 5.74) is 1.31. The first kappa shape index (κ1) is 18.9. The van der Waals surface area contributed by atoms with Crippen LogP contribution >= 0.6 is 27.3 Å². The van der Waals surface area contributed by atoms with Crippen LogP contribution in [0, 0.1) is 18.3 Å². The first-order valence-electron chi connectivity index (χ1n) is 7.74. The Morgan fingerprint density at radius 1 is 1.33 bits per heavy atom. The highest BCUT2D eigenvalue weighted by molar-refractivity contribution is 9.10. The lowest BCUT2D eigenvalue weighted by Gasteiger charge is -2.15. The number of anilines is 2. The summed E-state index contributed by atoms with van der Waals surface area (Å²) >= 11 is 4.26. The van der Waals surface area contributed by atoms with Crippen LogP contribution in [-0.2, 0) is 9.59 Å². The molecule has 1 aliphatic heterocycles. The lowest BCUT2D eigenvalue weighted by Crippen LogP contribution is -2.37. The van der Waals surface area contributed by atoms with Crippen LogP contribution in [-0.4, -0.2) is 29.9 Å². The molecule has 2 amide bonds. The molecule has 2 aromatic rings. The van der Waals surface area contributed by atoms with Crippen molar-refractivity contribution in [1.82, 2.24) is 0 Å². The molecule has 1 aromatic heterocycles. The molecule has 1 aliphatic rings. The van der Waals surface area contributed by atoms with E-state index in [9.17, 15) is 24.4 Å². The Morgan fingerprint density at radius 2 is 2.04 bits per heavy atom. The molecule has 0 fully saturated rings. The van der Waals surface area contributed by atoms with Gasteiger partial charge in [0.05, 0.1) is 21.7 Å². The third kappa shape index (κ3) is 3.29. The predicted octanol–water partition coefficient (Wildman–Crippen LogP) is 3.06. The second-order valence-corrected chi connectivity index (χ2v) is 7.79. The molecule has 0 saturated carbocycles. The molecule has 27 heavy (non-hydrogen) atoms. The summed E-state index contributed by atoms with van der Waals surface area (Å²) < 4.78 is 0.651. The molecular weight excluding hydrogens is 434 g/mol. The number of carbonyl (C=O) groups excluding carboxylic acids is 4. The summed E-state index contributed by atoms with van der Waals surface area (Å²) in [6, 6.07) is 6.76. The van der Waals surface area contributed by atoms with Gasteiger partial charge >= 0.3 is 0 Å². The van der Waals surface area contributed by atoms with Gasteiger partial charge in [0.2, 0.25) is 5.91 Å². The maximum absolute atomic E-state index is 12.4. The summed E-state index contributed by atoms with van der Waals surface area (Å²) in [5, 5.41) is 12.1. The number of nitriles is 1. The topological polar surface area (TPSA) is 107 Å². The van der Waals surface area contributed by atoms with E-state index in [2.05, 4.69) is 21.2 Å². The zero-order valence-corrected chi connectivity index (χ0v) is 16.7. The zero-order valence-electron chi connectivity index (χ0n) is 14.3. The molecule has 3 rings (SSSR count). The number of nitrogens with one attached hydrogen (secondary N) is 1. The molecule has 0 aliphatic carbocycles. The van der Waals surface area contributed by atoms with E-state index in [0.717, 1.165) is 16.2 Å². The molecule has 0 radical (unpaired) electrons. The Labute approximate surface area is 166 Å². The lowest BCUT2D eigenvalue weighted by atomic mass is 10.1. The molecule has 136 valence electrons. The van der Waals surface area contributed by atoms with Gasteiger partial charge in [-0.15, -0.1) is 11.3 Å². The first-order chi connectivity index (χ1) is 12.7. The van der Waals surface area contributed by atoms with Gasteiger partial charge in [0, 0.05) is 4.47 Å². The summed E-state index contributed by atoms with van der Waals surface area (Å²) in [5.74, 6) is -2.23. The number of ketones is 2. The highest BCUT2D eigenvalue weighted by Crippen LogP contribution is 2.34. The number of benzene rings is 1. The Balaban J connectivity index is 1.85. The third-order valence-electron chi connectivity index (χ3n) is 4.07. The molecule has 0 saturated heterocycles. The normalized spacial score (nSPS) is 12.7. The van der Waals surface area contributed by atoms with E-state index in [1.807, 2.05) is 6.07 Å². The third-order valence-corrected chi connectivity index (χ3v) is 5.87. The fourth-order valence-corrected chi connectivity index (χ4v) is 4.24. The number of thiophene rings is 1. The average molecular weight is 446 g/mol. The molecule has 0 bridgehead atoms. The molecule has 0 spiro atoms. The molecule has 1 aromatic carbocycles. The Hall–Kier alpha value is -2.83. The Bertz CT molecular complexity index is 1070. The van der Waals surface area contributed by atoms with E-state index in [4.69, 9.17) is 0 Å². The Morgan fingerprint density at radius 3 is 2.67 bits per heavy atom. The summed E-state index contributed by atoms with van der Waals surface area (Å²) in [7, 11) is 0. The second kappa shape index (κ2) is 7.06. The van der Waals surface area contributed by atoms with Crippen LogP contribution in [0.2, 0.25) is 0 Å². The number of hydrogen-bond donors (Lipinski definition) is 1. The second-order valence-electron chi connectivity index (χ2n) is 5.86. The minimum Gasteiger partial charge on any atom is -0.315 e. The van der Waals surface area contributed by atoms with Crippen molar-refractivity contribution in [2.24, 2.45) is 0 Å². The SMILES string of the molecule is CC(=O)c1sc(NC(=O)CN2C(=O)C(=O)c3cc(Br)ccc32)c(C#N)c1C. The van der Waals surface area contributed by atoms with Gasteiger partial charge in [-0.05, 0) is 37.6 Å². The van der Waals surface area contributed by atoms with Crippen molar-refractivity contribution in [3.63, 3.8) is 0 Å². The monoisotopic (exact) mass is 445 g/mol. The van der Waals surface area contributed by atoms with Gasteiger partial charge in [-0.1, -0.05) is 15.9 Å². The van der Waals surface area contributed by atoms with E-state index < -0.39 is 17.6 Å². The highest BCUT2D eigenvalue weighted by atomic mass is 79.9. The van der Waals surface area contributed by atoms with Gasteiger partial charge in [0.15, 0.2) is 5.78 Å². The molecule has 9 heteroatoms. The number of halogens is 1. The zero-order chi connectivity index (χ0) is 19.9. The van der Waals surface area contributed by atoms with Crippen LogP contribution in [0.15, 0.2) is 22.7 Å². The quantitative estimate of drug-likeness (QED) is 0.574. The molecule has 2 heterocycles. The number of hydrogen-bond acceptors (Lipinski definition) is 6. The number of rotatable bonds is 4. The molecule has 0 atom stereocenters. The van der Waals surface area contributed by atoms with E-state index >= 15 is 0 Å². The van der Waals surface area contributed by atoms with Gasteiger partial charge < -0.3 is 5.32 Å². The first-order valence-corrected chi connectivity index (χ1v) is 9.35. The van der Waals surface area contributed by atoms with Crippen molar-refractivity contribution in [3.8, 4) is 6.07 Å². The van der Waals surface area contributed by atoms with E-state index in [-0.39, 0.29) is 28.5 Å². The minimum absolute atomic E-state index is 0.200. The highest BCUT2D eigenvalue weighted by Gasteiger charge is 2.37. The van der Waals surface area contributed by atoms with Crippen LogP contribution in [0.1, 0.15) is 38.1 Å². The van der Waals surface area contributed by atoms with Crippen LogP contribution in [0.4, 0.5) is 10.7 Å². The molecule has 7 nitrogen and oxygen atoms in total. The number of carbonyl (C=O) groups is 4. The summed E-state index contributed by atoms with van der Waals surface area (Å²) in [4.78, 5) is 49.9. The van der Waals surface area contributed by atoms with E-state index in [1.54, 1.807) is 19.1 Å². The molecule has 1 N–H and O–H groups in total. The predicted molar refractivity (Wildman–Crippen MR) is 103 cm³/mol. The maximum Gasteiger partial charge on any atom is 0.299 e. The lowest BCUT2D eigenvalue weighted by molar-refractivity contribution is -0.118. The van der Waals surface area contributed by atoms with Crippen molar-refractivity contribution in [3.05, 3.63) is 44.2 Å². The van der Waals surface area contributed by atoms with Crippen molar-refractivity contribution >= 4 is 61.3 Å². The van der Waals surface area contributed by atoms with Gasteiger partial charge in [-0.2, -0.15) is 5.26 Å². The van der Waals surface area contributed by atoms with Crippen LogP contribution < -0.4 is 10.2 Å². The summed E-state index contributed by atoms with van der Waals surface area (Å²) in [6.07, 6.45) is 0.